The third-order valence-corrected chi connectivity index (χ3v) is 3.82. The van der Waals surface area contributed by atoms with Gasteiger partial charge < -0.3 is 4.90 Å². The number of carbonyl (C=O) groups is 1. The van der Waals surface area contributed by atoms with Crippen LogP contribution in [0.1, 0.15) is 21.7 Å². The molecule has 6 nitrogen and oxygen atoms in total. The summed E-state index contributed by atoms with van der Waals surface area (Å²) >= 11 is 0. The highest BCUT2D eigenvalue weighted by Crippen LogP contribution is 2.13. The van der Waals surface area contributed by atoms with Crippen molar-refractivity contribution in [3.63, 3.8) is 0 Å². The molecule has 1 amide bonds. The van der Waals surface area contributed by atoms with E-state index in [4.69, 9.17) is 0 Å². The van der Waals surface area contributed by atoms with Crippen molar-refractivity contribution in [1.82, 2.24) is 24.6 Å². The minimum atomic E-state index is -0.0430. The van der Waals surface area contributed by atoms with E-state index in [1.807, 2.05) is 37.3 Å². The van der Waals surface area contributed by atoms with Crippen LogP contribution in [0.2, 0.25) is 0 Å². The highest BCUT2D eigenvalue weighted by Gasteiger charge is 2.18. The van der Waals surface area contributed by atoms with Gasteiger partial charge in [0, 0.05) is 44.8 Å². The maximum absolute atomic E-state index is 12.7. The zero-order chi connectivity index (χ0) is 16.9. The Hall–Kier alpha value is -3.02. The lowest BCUT2D eigenvalue weighted by molar-refractivity contribution is 0.0795. The van der Waals surface area contributed by atoms with Crippen molar-refractivity contribution in [2.75, 3.05) is 13.6 Å². The Morgan fingerprint density at radius 1 is 1.21 bits per heavy atom. The van der Waals surface area contributed by atoms with Gasteiger partial charge in [0.15, 0.2) is 0 Å². The Morgan fingerprint density at radius 3 is 2.71 bits per heavy atom. The number of carbonyl (C=O) groups excluding carboxylic acids is 1. The molecule has 0 aliphatic heterocycles. The van der Waals surface area contributed by atoms with E-state index in [2.05, 4.69) is 15.1 Å². The van der Waals surface area contributed by atoms with Gasteiger partial charge in [-0.1, -0.05) is 18.2 Å². The third kappa shape index (κ3) is 3.48. The molecule has 3 rings (SSSR count). The highest BCUT2D eigenvalue weighted by molar-refractivity contribution is 5.95. The topological polar surface area (TPSA) is 63.9 Å². The van der Waals surface area contributed by atoms with E-state index in [0.29, 0.717) is 18.5 Å². The average molecular weight is 321 g/mol. The van der Waals surface area contributed by atoms with Crippen LogP contribution in [0.4, 0.5) is 0 Å². The molecule has 0 atom stereocenters. The van der Waals surface area contributed by atoms with E-state index in [0.717, 1.165) is 17.1 Å². The summed E-state index contributed by atoms with van der Waals surface area (Å²) in [6, 6.07) is 9.75. The second-order valence-electron chi connectivity index (χ2n) is 5.58. The smallest absolute Gasteiger partial charge is 0.257 e. The zero-order valence-corrected chi connectivity index (χ0v) is 13.8. The van der Waals surface area contributed by atoms with Crippen LogP contribution in [0.15, 0.2) is 55.1 Å². The fourth-order valence-corrected chi connectivity index (χ4v) is 2.43. The first-order valence-electron chi connectivity index (χ1n) is 7.77. The van der Waals surface area contributed by atoms with Crippen molar-refractivity contribution in [3.05, 3.63) is 72.1 Å². The Bertz CT molecular complexity index is 814. The fourth-order valence-electron chi connectivity index (χ4n) is 2.43. The van der Waals surface area contributed by atoms with Gasteiger partial charge in [-0.15, -0.1) is 0 Å². The van der Waals surface area contributed by atoms with Crippen LogP contribution in [0.25, 0.3) is 5.69 Å². The van der Waals surface area contributed by atoms with Crippen LogP contribution in [0, 0.1) is 6.92 Å². The molecular weight excluding hydrogens is 302 g/mol. The van der Waals surface area contributed by atoms with Crippen LogP contribution in [0.3, 0.4) is 0 Å². The third-order valence-electron chi connectivity index (χ3n) is 3.82. The van der Waals surface area contributed by atoms with Crippen molar-refractivity contribution < 1.29 is 4.79 Å². The molecule has 0 saturated heterocycles. The Kier molecular flexibility index (Phi) is 4.65. The number of hydrogen-bond donors (Lipinski definition) is 0. The molecule has 0 unspecified atom stereocenters. The molecular formula is C18H19N5O. The minimum Gasteiger partial charge on any atom is -0.341 e. The van der Waals surface area contributed by atoms with Crippen molar-refractivity contribution >= 4 is 5.91 Å². The molecule has 0 radical (unpaired) electrons. The number of hydrogen-bond acceptors (Lipinski definition) is 4. The van der Waals surface area contributed by atoms with Crippen molar-refractivity contribution in [1.29, 1.82) is 0 Å². The first-order valence-corrected chi connectivity index (χ1v) is 7.77. The maximum atomic E-state index is 12.7. The molecule has 0 aliphatic carbocycles. The minimum absolute atomic E-state index is 0.0430. The molecule has 0 spiro atoms. The quantitative estimate of drug-likeness (QED) is 0.723. The standard InChI is InChI=1S/C18H19N5O/c1-14-17(13-23(21-14)16-6-4-3-5-7-16)18(24)22(2)11-8-15-12-19-9-10-20-15/h3-7,9-10,12-13H,8,11H2,1-2H3. The fraction of sp³-hybridized carbons (Fsp3) is 0.222. The van der Waals surface area contributed by atoms with Gasteiger partial charge in [0.2, 0.25) is 0 Å². The zero-order valence-electron chi connectivity index (χ0n) is 13.8. The van der Waals surface area contributed by atoms with E-state index in [9.17, 15) is 4.79 Å². The predicted molar refractivity (Wildman–Crippen MR) is 91.0 cm³/mol. The van der Waals surface area contributed by atoms with Crippen LogP contribution < -0.4 is 0 Å². The first-order chi connectivity index (χ1) is 11.6. The molecule has 0 fully saturated rings. The molecule has 0 saturated carbocycles. The number of para-hydroxylation sites is 1. The van der Waals surface area contributed by atoms with E-state index in [1.165, 1.54) is 0 Å². The summed E-state index contributed by atoms with van der Waals surface area (Å²) < 4.78 is 1.74. The van der Waals surface area contributed by atoms with Gasteiger partial charge in [0.25, 0.3) is 5.91 Å². The van der Waals surface area contributed by atoms with Gasteiger partial charge in [-0.25, -0.2) is 4.68 Å². The number of benzene rings is 1. The summed E-state index contributed by atoms with van der Waals surface area (Å²) in [6.45, 7) is 2.43. The van der Waals surface area contributed by atoms with E-state index in [1.54, 1.807) is 41.4 Å². The number of aryl methyl sites for hydroxylation is 1. The highest BCUT2D eigenvalue weighted by atomic mass is 16.2. The summed E-state index contributed by atoms with van der Waals surface area (Å²) in [4.78, 5) is 22.6. The van der Waals surface area contributed by atoms with Gasteiger partial charge in [-0.2, -0.15) is 5.10 Å². The number of aromatic nitrogens is 4. The van der Waals surface area contributed by atoms with Crippen LogP contribution in [0.5, 0.6) is 0 Å². The lowest BCUT2D eigenvalue weighted by Gasteiger charge is -2.16. The molecule has 122 valence electrons. The predicted octanol–water partition coefficient (Wildman–Crippen LogP) is 2.29. The van der Waals surface area contributed by atoms with E-state index < -0.39 is 0 Å². The lowest BCUT2D eigenvalue weighted by Crippen LogP contribution is -2.29. The number of nitrogens with zero attached hydrogens (tertiary/aromatic N) is 5. The second kappa shape index (κ2) is 7.04. The van der Waals surface area contributed by atoms with Crippen molar-refractivity contribution in [3.8, 4) is 5.69 Å². The maximum Gasteiger partial charge on any atom is 0.257 e. The summed E-state index contributed by atoms with van der Waals surface area (Å²) in [5.74, 6) is -0.0430. The summed E-state index contributed by atoms with van der Waals surface area (Å²) in [6.07, 6.45) is 7.47. The van der Waals surface area contributed by atoms with Crippen LogP contribution in [-0.4, -0.2) is 44.1 Å². The Labute approximate surface area is 140 Å². The molecule has 24 heavy (non-hydrogen) atoms. The Balaban J connectivity index is 1.71. The number of rotatable bonds is 5. The number of amides is 1. The SMILES string of the molecule is Cc1nn(-c2ccccc2)cc1C(=O)N(C)CCc1cnccn1. The molecule has 6 heteroatoms. The van der Waals surface area contributed by atoms with Gasteiger partial charge in [0.1, 0.15) is 0 Å². The molecule has 0 N–H and O–H groups in total. The van der Waals surface area contributed by atoms with Gasteiger partial charge in [0.05, 0.1) is 22.6 Å². The van der Waals surface area contributed by atoms with Crippen molar-refractivity contribution in [2.24, 2.45) is 0 Å². The second-order valence-corrected chi connectivity index (χ2v) is 5.58. The molecule has 1 aromatic carbocycles. The Morgan fingerprint density at radius 2 is 2.00 bits per heavy atom. The van der Waals surface area contributed by atoms with Gasteiger partial charge in [-0.05, 0) is 19.1 Å². The van der Waals surface area contributed by atoms with Crippen LogP contribution >= 0.6 is 0 Å². The van der Waals surface area contributed by atoms with E-state index >= 15 is 0 Å². The summed E-state index contributed by atoms with van der Waals surface area (Å²) in [5, 5.41) is 4.45. The average Bonchev–Trinajstić information content (AvgIpc) is 3.02. The van der Waals surface area contributed by atoms with Gasteiger partial charge >= 0.3 is 0 Å². The largest absolute Gasteiger partial charge is 0.341 e. The summed E-state index contributed by atoms with van der Waals surface area (Å²) in [7, 11) is 1.79. The normalized spacial score (nSPS) is 10.6. The first kappa shape index (κ1) is 15.9. The summed E-state index contributed by atoms with van der Waals surface area (Å²) in [5.41, 5.74) is 3.13. The molecule has 2 heterocycles. The molecule has 3 aromatic rings. The monoisotopic (exact) mass is 321 g/mol. The molecule has 2 aromatic heterocycles. The number of likely N-dealkylation sites (N-methyl/N-ethyl adjacent to an activating group) is 1. The van der Waals surface area contributed by atoms with Crippen LogP contribution in [-0.2, 0) is 6.42 Å². The molecule has 0 bridgehead atoms. The van der Waals surface area contributed by atoms with E-state index in [-0.39, 0.29) is 5.91 Å². The van der Waals surface area contributed by atoms with Gasteiger partial charge in [-0.3, -0.25) is 14.8 Å². The van der Waals surface area contributed by atoms with Crippen molar-refractivity contribution in [2.45, 2.75) is 13.3 Å². The molecule has 0 aliphatic rings. The lowest BCUT2D eigenvalue weighted by atomic mass is 10.2.